The minimum Gasteiger partial charge on any atom is -0.480 e. The van der Waals surface area contributed by atoms with Gasteiger partial charge in [0, 0.05) is 6.54 Å². The van der Waals surface area contributed by atoms with Crippen LogP contribution < -0.4 is 5.32 Å². The Balaban J connectivity index is 1.78. The van der Waals surface area contributed by atoms with Gasteiger partial charge < -0.3 is 14.9 Å². The molecule has 2 aliphatic heterocycles. The lowest BCUT2D eigenvalue weighted by molar-refractivity contribution is -0.142. The number of hydrogen-bond donors (Lipinski definition) is 2. The van der Waals surface area contributed by atoms with E-state index in [9.17, 15) is 24.3 Å². The van der Waals surface area contributed by atoms with E-state index in [0.717, 1.165) is 24.2 Å². The molecule has 1 saturated carbocycles. The largest absolute Gasteiger partial charge is 0.480 e. The molecule has 3 unspecified atom stereocenters. The number of urea groups is 1. The molecule has 3 atom stereocenters. The van der Waals surface area contributed by atoms with Gasteiger partial charge in [-0.1, -0.05) is 6.42 Å². The van der Waals surface area contributed by atoms with Crippen LogP contribution in [0.25, 0.3) is 0 Å². The monoisotopic (exact) mass is 295 g/mol. The Morgan fingerprint density at radius 2 is 1.81 bits per heavy atom. The van der Waals surface area contributed by atoms with Crippen LogP contribution in [0, 0.1) is 11.8 Å². The van der Waals surface area contributed by atoms with Crippen molar-refractivity contribution >= 4 is 23.8 Å². The summed E-state index contributed by atoms with van der Waals surface area (Å²) in [5, 5.41) is 11.5. The molecule has 0 aromatic heterocycles. The number of carboxylic acid groups (broad SMARTS) is 1. The summed E-state index contributed by atoms with van der Waals surface area (Å²) in [6, 6.07) is -1.37. The standard InChI is InChI=1S/C13H17N3O5/c17-9-5-15(6-10(18)14-9)13(21)16-4-7-2-1-3-8(7)11(16)12(19)20/h7-8,11H,1-6H2,(H,19,20)(H,14,17,18). The average Bonchev–Trinajstić information content (AvgIpc) is 2.95. The molecule has 1 aliphatic carbocycles. The second-order valence-corrected chi connectivity index (χ2v) is 5.90. The fourth-order valence-electron chi connectivity index (χ4n) is 3.77. The second-order valence-electron chi connectivity index (χ2n) is 5.90. The fraction of sp³-hybridized carbons (Fsp3) is 0.692. The number of amides is 4. The lowest BCUT2D eigenvalue weighted by atomic mass is 9.94. The van der Waals surface area contributed by atoms with E-state index >= 15 is 0 Å². The number of likely N-dealkylation sites (tertiary alicyclic amines) is 1. The third-order valence-electron chi connectivity index (χ3n) is 4.61. The number of hydrogen-bond acceptors (Lipinski definition) is 4. The second kappa shape index (κ2) is 5.01. The van der Waals surface area contributed by atoms with Crippen molar-refractivity contribution in [3.63, 3.8) is 0 Å². The van der Waals surface area contributed by atoms with Crippen molar-refractivity contribution in [1.29, 1.82) is 0 Å². The predicted octanol–water partition coefficient (Wildman–Crippen LogP) is -0.750. The Labute approximate surface area is 121 Å². The Morgan fingerprint density at radius 1 is 1.14 bits per heavy atom. The number of carbonyl (C=O) groups excluding carboxylic acids is 3. The van der Waals surface area contributed by atoms with Crippen LogP contribution in [0.2, 0.25) is 0 Å². The van der Waals surface area contributed by atoms with Gasteiger partial charge in [0.05, 0.1) is 0 Å². The molecule has 3 rings (SSSR count). The van der Waals surface area contributed by atoms with Gasteiger partial charge in [0.25, 0.3) is 0 Å². The molecule has 114 valence electrons. The summed E-state index contributed by atoms with van der Waals surface area (Å²) in [5.41, 5.74) is 0. The van der Waals surface area contributed by atoms with E-state index < -0.39 is 29.9 Å². The molecule has 8 nitrogen and oxygen atoms in total. The maximum absolute atomic E-state index is 12.5. The maximum Gasteiger partial charge on any atom is 0.326 e. The van der Waals surface area contributed by atoms with Gasteiger partial charge in [-0.3, -0.25) is 14.9 Å². The third-order valence-corrected chi connectivity index (χ3v) is 4.61. The summed E-state index contributed by atoms with van der Waals surface area (Å²) in [5.74, 6) is -1.88. The van der Waals surface area contributed by atoms with E-state index in [2.05, 4.69) is 5.32 Å². The highest BCUT2D eigenvalue weighted by Gasteiger charge is 2.50. The number of fused-ring (bicyclic) bond motifs is 1. The molecule has 0 aromatic rings. The van der Waals surface area contributed by atoms with Gasteiger partial charge in [0.2, 0.25) is 11.8 Å². The zero-order chi connectivity index (χ0) is 15.1. The van der Waals surface area contributed by atoms with Gasteiger partial charge in [-0.2, -0.15) is 0 Å². The molecule has 3 fully saturated rings. The zero-order valence-corrected chi connectivity index (χ0v) is 11.4. The minimum atomic E-state index is -1.01. The SMILES string of the molecule is O=C1CN(C(=O)N2CC3CCCC3C2C(=O)O)CC(=O)N1. The first kappa shape index (κ1) is 13.8. The van der Waals surface area contributed by atoms with Crippen LogP contribution in [0.4, 0.5) is 4.79 Å². The number of nitrogens with one attached hydrogen (secondary N) is 1. The highest BCUT2D eigenvalue weighted by atomic mass is 16.4. The van der Waals surface area contributed by atoms with Crippen LogP contribution in [0.5, 0.6) is 0 Å². The molecule has 4 amide bonds. The first-order chi connectivity index (χ1) is 9.97. The van der Waals surface area contributed by atoms with Crippen molar-refractivity contribution in [3.8, 4) is 0 Å². The average molecular weight is 295 g/mol. The summed E-state index contributed by atoms with van der Waals surface area (Å²) in [6.45, 7) is -0.0156. The van der Waals surface area contributed by atoms with Gasteiger partial charge in [-0.05, 0) is 24.7 Å². The summed E-state index contributed by atoms with van der Waals surface area (Å²) >= 11 is 0. The van der Waals surface area contributed by atoms with Crippen LogP contribution in [0.1, 0.15) is 19.3 Å². The van der Waals surface area contributed by atoms with E-state index in [1.54, 1.807) is 0 Å². The number of carboxylic acids is 1. The van der Waals surface area contributed by atoms with Crippen LogP contribution in [-0.4, -0.2) is 64.4 Å². The molecular formula is C13H17N3O5. The van der Waals surface area contributed by atoms with Crippen LogP contribution in [0.3, 0.4) is 0 Å². The van der Waals surface area contributed by atoms with Crippen molar-refractivity contribution in [2.24, 2.45) is 11.8 Å². The number of piperazine rings is 1. The van der Waals surface area contributed by atoms with E-state index in [4.69, 9.17) is 0 Å². The smallest absolute Gasteiger partial charge is 0.326 e. The van der Waals surface area contributed by atoms with Crippen molar-refractivity contribution in [1.82, 2.24) is 15.1 Å². The lowest BCUT2D eigenvalue weighted by Gasteiger charge is -2.32. The van der Waals surface area contributed by atoms with Gasteiger partial charge in [-0.25, -0.2) is 9.59 Å². The van der Waals surface area contributed by atoms with E-state index in [-0.39, 0.29) is 24.9 Å². The van der Waals surface area contributed by atoms with Gasteiger partial charge in [-0.15, -0.1) is 0 Å². The minimum absolute atomic E-state index is 0.0132. The van der Waals surface area contributed by atoms with E-state index in [1.165, 1.54) is 4.90 Å². The summed E-state index contributed by atoms with van der Waals surface area (Å²) in [6.07, 6.45) is 2.73. The van der Waals surface area contributed by atoms with Crippen molar-refractivity contribution in [2.45, 2.75) is 25.3 Å². The topological polar surface area (TPSA) is 107 Å². The predicted molar refractivity (Wildman–Crippen MR) is 69.1 cm³/mol. The molecule has 2 N–H and O–H groups in total. The fourth-order valence-corrected chi connectivity index (χ4v) is 3.77. The highest BCUT2D eigenvalue weighted by molar-refractivity contribution is 6.02. The first-order valence-corrected chi connectivity index (χ1v) is 7.08. The molecule has 3 aliphatic rings. The zero-order valence-electron chi connectivity index (χ0n) is 11.4. The number of aliphatic carboxylic acids is 1. The molecule has 2 saturated heterocycles. The Morgan fingerprint density at radius 3 is 2.43 bits per heavy atom. The van der Waals surface area contributed by atoms with Gasteiger partial charge in [0.15, 0.2) is 0 Å². The normalized spacial score (nSPS) is 32.1. The quantitative estimate of drug-likeness (QED) is 0.619. The molecule has 2 heterocycles. The summed E-state index contributed by atoms with van der Waals surface area (Å²) in [7, 11) is 0. The molecule has 0 aromatic carbocycles. The molecule has 21 heavy (non-hydrogen) atoms. The van der Waals surface area contributed by atoms with E-state index in [0.29, 0.717) is 6.54 Å². The highest BCUT2D eigenvalue weighted by Crippen LogP contribution is 2.42. The molecule has 0 spiro atoms. The maximum atomic E-state index is 12.5. The van der Waals surface area contributed by atoms with Crippen molar-refractivity contribution in [3.05, 3.63) is 0 Å². The lowest BCUT2D eigenvalue weighted by Crippen LogP contribution is -2.58. The van der Waals surface area contributed by atoms with Gasteiger partial charge in [0.1, 0.15) is 19.1 Å². The third kappa shape index (κ3) is 2.34. The molecular weight excluding hydrogens is 278 g/mol. The van der Waals surface area contributed by atoms with Crippen molar-refractivity contribution < 1.29 is 24.3 Å². The van der Waals surface area contributed by atoms with Crippen LogP contribution in [0.15, 0.2) is 0 Å². The Bertz CT molecular complexity index is 504. The number of rotatable bonds is 1. The Kier molecular flexibility index (Phi) is 3.30. The first-order valence-electron chi connectivity index (χ1n) is 7.08. The number of nitrogens with zero attached hydrogens (tertiary/aromatic N) is 2. The summed E-state index contributed by atoms with van der Waals surface area (Å²) in [4.78, 5) is 49.2. The Hall–Kier alpha value is -2.12. The number of carbonyl (C=O) groups is 4. The van der Waals surface area contributed by atoms with Crippen LogP contribution >= 0.6 is 0 Å². The number of imide groups is 1. The van der Waals surface area contributed by atoms with Crippen LogP contribution in [-0.2, 0) is 14.4 Å². The summed E-state index contributed by atoms with van der Waals surface area (Å²) < 4.78 is 0. The van der Waals surface area contributed by atoms with Gasteiger partial charge >= 0.3 is 12.0 Å². The molecule has 0 bridgehead atoms. The molecule has 0 radical (unpaired) electrons. The molecule has 8 heteroatoms. The van der Waals surface area contributed by atoms with E-state index in [1.807, 2.05) is 0 Å². The van der Waals surface area contributed by atoms with Crippen molar-refractivity contribution in [2.75, 3.05) is 19.6 Å².